The molecule has 1 atom stereocenters. The zero-order valence-electron chi connectivity index (χ0n) is 8.07. The molecule has 0 bridgehead atoms. The van der Waals surface area contributed by atoms with Crippen molar-refractivity contribution in [1.82, 2.24) is 10.3 Å². The molecule has 3 N–H and O–H groups in total. The molecule has 0 spiro atoms. The number of nitrogens with zero attached hydrogens (tertiary/aromatic N) is 1. The first-order valence-electron chi connectivity index (χ1n) is 4.87. The first kappa shape index (κ1) is 9.43. The lowest BCUT2D eigenvalue weighted by atomic mass is 10.1. The summed E-state index contributed by atoms with van der Waals surface area (Å²) in [5, 5.41) is 3.29. The van der Waals surface area contributed by atoms with Crippen LogP contribution in [0.5, 0.6) is 0 Å². The van der Waals surface area contributed by atoms with Crippen LogP contribution in [0.3, 0.4) is 0 Å². The molecule has 2 heterocycles. The van der Waals surface area contributed by atoms with Crippen molar-refractivity contribution in [2.24, 2.45) is 0 Å². The van der Waals surface area contributed by atoms with Crippen LogP contribution in [0.4, 0.5) is 5.69 Å². The highest BCUT2D eigenvalue weighted by molar-refractivity contribution is 5.34. The molecule has 1 aliphatic rings. The minimum Gasteiger partial charge on any atom is -0.397 e. The molecule has 1 aromatic rings. The van der Waals surface area contributed by atoms with Gasteiger partial charge in [0.15, 0.2) is 0 Å². The van der Waals surface area contributed by atoms with Crippen LogP contribution < -0.4 is 11.1 Å². The largest absolute Gasteiger partial charge is 0.397 e. The average molecular weight is 193 g/mol. The van der Waals surface area contributed by atoms with E-state index in [9.17, 15) is 0 Å². The fourth-order valence-corrected chi connectivity index (χ4v) is 1.54. The van der Waals surface area contributed by atoms with Crippen LogP contribution in [0.2, 0.25) is 0 Å². The van der Waals surface area contributed by atoms with Crippen molar-refractivity contribution in [3.05, 3.63) is 24.0 Å². The van der Waals surface area contributed by atoms with Crippen LogP contribution >= 0.6 is 0 Å². The first-order chi connectivity index (χ1) is 6.84. The number of nitrogens with one attached hydrogen (secondary N) is 1. The lowest BCUT2D eigenvalue weighted by Gasteiger charge is -2.23. The molecule has 0 amide bonds. The summed E-state index contributed by atoms with van der Waals surface area (Å²) in [6.45, 7) is 2.65. The third kappa shape index (κ3) is 2.43. The quantitative estimate of drug-likeness (QED) is 0.704. The molecule has 1 fully saturated rings. The molecular formula is C10H15N3O. The lowest BCUT2D eigenvalue weighted by molar-refractivity contribution is 0.0287. The lowest BCUT2D eigenvalue weighted by Crippen LogP contribution is -2.39. The second-order valence-corrected chi connectivity index (χ2v) is 3.48. The summed E-state index contributed by atoms with van der Waals surface area (Å²) >= 11 is 0. The molecule has 1 aliphatic heterocycles. The maximum atomic E-state index is 5.58. The Bertz CT molecular complexity index is 280. The number of morpholine rings is 1. The minimum absolute atomic E-state index is 0.250. The number of hydrogen-bond donors (Lipinski definition) is 2. The van der Waals surface area contributed by atoms with E-state index in [0.717, 1.165) is 31.8 Å². The van der Waals surface area contributed by atoms with Gasteiger partial charge in [-0.3, -0.25) is 4.98 Å². The van der Waals surface area contributed by atoms with E-state index in [-0.39, 0.29) is 6.10 Å². The van der Waals surface area contributed by atoms with E-state index in [0.29, 0.717) is 5.69 Å². The van der Waals surface area contributed by atoms with E-state index in [1.807, 2.05) is 12.1 Å². The Labute approximate surface area is 83.5 Å². The van der Waals surface area contributed by atoms with Gasteiger partial charge in [-0.05, 0) is 12.1 Å². The number of pyridine rings is 1. The Morgan fingerprint density at radius 1 is 1.57 bits per heavy atom. The van der Waals surface area contributed by atoms with Crippen LogP contribution in [-0.2, 0) is 11.2 Å². The molecule has 0 saturated carbocycles. The summed E-state index contributed by atoms with van der Waals surface area (Å²) in [5.41, 5.74) is 7.29. The van der Waals surface area contributed by atoms with Crippen LogP contribution in [0.25, 0.3) is 0 Å². The predicted molar refractivity (Wildman–Crippen MR) is 55.0 cm³/mol. The summed E-state index contributed by atoms with van der Waals surface area (Å²) < 4.78 is 5.58. The smallest absolute Gasteiger partial charge is 0.0755 e. The van der Waals surface area contributed by atoms with E-state index >= 15 is 0 Å². The number of nitrogens with two attached hydrogens (primary N) is 1. The zero-order valence-corrected chi connectivity index (χ0v) is 8.07. The third-order valence-corrected chi connectivity index (χ3v) is 2.29. The highest BCUT2D eigenvalue weighted by Crippen LogP contribution is 2.07. The Kier molecular flexibility index (Phi) is 2.96. The van der Waals surface area contributed by atoms with Gasteiger partial charge < -0.3 is 15.8 Å². The van der Waals surface area contributed by atoms with Crippen LogP contribution in [0.15, 0.2) is 18.3 Å². The van der Waals surface area contributed by atoms with E-state index in [1.54, 1.807) is 6.20 Å². The van der Waals surface area contributed by atoms with Crippen molar-refractivity contribution in [3.63, 3.8) is 0 Å². The minimum atomic E-state index is 0.250. The highest BCUT2D eigenvalue weighted by Gasteiger charge is 2.13. The van der Waals surface area contributed by atoms with Crippen LogP contribution in [-0.4, -0.2) is 30.8 Å². The van der Waals surface area contributed by atoms with Crippen molar-refractivity contribution >= 4 is 5.69 Å². The average Bonchev–Trinajstić information content (AvgIpc) is 2.23. The Hall–Kier alpha value is -1.13. The molecular weight excluding hydrogens is 178 g/mol. The number of ether oxygens (including phenoxy) is 1. The molecule has 14 heavy (non-hydrogen) atoms. The van der Waals surface area contributed by atoms with Gasteiger partial charge in [0, 0.05) is 25.2 Å². The summed E-state index contributed by atoms with van der Waals surface area (Å²) in [6.07, 6.45) is 2.79. The fraction of sp³-hybridized carbons (Fsp3) is 0.500. The molecule has 1 unspecified atom stereocenters. The molecule has 0 radical (unpaired) electrons. The Morgan fingerprint density at radius 3 is 3.14 bits per heavy atom. The number of hydrogen-bond acceptors (Lipinski definition) is 4. The molecule has 2 rings (SSSR count). The van der Waals surface area contributed by atoms with E-state index in [2.05, 4.69) is 10.3 Å². The van der Waals surface area contributed by atoms with Crippen LogP contribution in [0, 0.1) is 0 Å². The van der Waals surface area contributed by atoms with Crippen molar-refractivity contribution in [2.75, 3.05) is 25.4 Å². The molecule has 4 nitrogen and oxygen atoms in total. The normalized spacial score (nSPS) is 22.1. The Balaban J connectivity index is 1.92. The maximum Gasteiger partial charge on any atom is 0.0755 e. The first-order valence-corrected chi connectivity index (χ1v) is 4.87. The van der Waals surface area contributed by atoms with Gasteiger partial charge in [-0.2, -0.15) is 0 Å². The van der Waals surface area contributed by atoms with Gasteiger partial charge in [0.1, 0.15) is 0 Å². The van der Waals surface area contributed by atoms with Gasteiger partial charge in [-0.25, -0.2) is 0 Å². The summed E-state index contributed by atoms with van der Waals surface area (Å²) in [6, 6.07) is 3.83. The van der Waals surface area contributed by atoms with Crippen LogP contribution in [0.1, 0.15) is 5.69 Å². The van der Waals surface area contributed by atoms with Gasteiger partial charge in [0.05, 0.1) is 24.6 Å². The van der Waals surface area contributed by atoms with Gasteiger partial charge in [-0.15, -0.1) is 0 Å². The van der Waals surface area contributed by atoms with Crippen molar-refractivity contribution in [1.29, 1.82) is 0 Å². The SMILES string of the molecule is Nc1ccc(CC2CNCCO2)nc1. The van der Waals surface area contributed by atoms with Gasteiger partial charge >= 0.3 is 0 Å². The van der Waals surface area contributed by atoms with E-state index in [4.69, 9.17) is 10.5 Å². The van der Waals surface area contributed by atoms with E-state index < -0.39 is 0 Å². The molecule has 76 valence electrons. The van der Waals surface area contributed by atoms with Crippen molar-refractivity contribution in [2.45, 2.75) is 12.5 Å². The molecule has 1 aromatic heterocycles. The van der Waals surface area contributed by atoms with Crippen molar-refractivity contribution < 1.29 is 4.74 Å². The standard InChI is InChI=1S/C10H15N3O/c11-8-1-2-9(13-6-8)5-10-7-12-3-4-14-10/h1-2,6,10,12H,3-5,7,11H2. The second kappa shape index (κ2) is 4.39. The molecule has 0 aromatic carbocycles. The summed E-state index contributed by atoms with van der Waals surface area (Å²) in [7, 11) is 0. The molecule has 1 saturated heterocycles. The number of aromatic nitrogens is 1. The maximum absolute atomic E-state index is 5.58. The number of nitrogen functional groups attached to an aromatic ring is 1. The second-order valence-electron chi connectivity index (χ2n) is 3.48. The highest BCUT2D eigenvalue weighted by atomic mass is 16.5. The fourth-order valence-electron chi connectivity index (χ4n) is 1.54. The molecule has 4 heteroatoms. The van der Waals surface area contributed by atoms with Gasteiger partial charge in [0.25, 0.3) is 0 Å². The summed E-state index contributed by atoms with van der Waals surface area (Å²) in [5.74, 6) is 0. The predicted octanol–water partition coefficient (Wildman–Crippen LogP) is 0.195. The monoisotopic (exact) mass is 193 g/mol. The van der Waals surface area contributed by atoms with E-state index in [1.165, 1.54) is 0 Å². The summed E-state index contributed by atoms with van der Waals surface area (Å²) in [4.78, 5) is 4.24. The van der Waals surface area contributed by atoms with Gasteiger partial charge in [-0.1, -0.05) is 0 Å². The van der Waals surface area contributed by atoms with Gasteiger partial charge in [0.2, 0.25) is 0 Å². The number of rotatable bonds is 2. The third-order valence-electron chi connectivity index (χ3n) is 2.29. The Morgan fingerprint density at radius 2 is 2.50 bits per heavy atom. The molecule has 0 aliphatic carbocycles. The zero-order chi connectivity index (χ0) is 9.80. The van der Waals surface area contributed by atoms with Crippen molar-refractivity contribution in [3.8, 4) is 0 Å². The topological polar surface area (TPSA) is 60.2 Å². The number of anilines is 1.